The molecule has 0 saturated carbocycles. The first-order valence-electron chi connectivity index (χ1n) is 6.99. The number of pyridine rings is 1. The first-order valence-corrected chi connectivity index (χ1v) is 6.99. The molecule has 3 heteroatoms. The summed E-state index contributed by atoms with van der Waals surface area (Å²) in [5.41, 5.74) is 1.15. The minimum Gasteiger partial charge on any atom is -0.374 e. The van der Waals surface area contributed by atoms with Crippen molar-refractivity contribution < 1.29 is 4.74 Å². The number of nitrogens with zero attached hydrogens (tertiary/aromatic N) is 2. The molecule has 1 aliphatic rings. The molecule has 1 unspecified atom stereocenters. The molecule has 0 aliphatic carbocycles. The number of anilines is 1. The molecule has 3 atom stereocenters. The average molecular weight is 248 g/mol. The minimum absolute atomic E-state index is 0.130. The van der Waals surface area contributed by atoms with Gasteiger partial charge in [-0.15, -0.1) is 0 Å². The minimum atomic E-state index is 0.130. The fraction of sp³-hybridized carbons (Fsp3) is 0.667. The lowest BCUT2D eigenvalue weighted by molar-refractivity contribution is 0.0762. The van der Waals surface area contributed by atoms with Crippen LogP contribution < -0.4 is 4.90 Å². The van der Waals surface area contributed by atoms with E-state index >= 15 is 0 Å². The van der Waals surface area contributed by atoms with Crippen LogP contribution >= 0.6 is 0 Å². The Morgan fingerprint density at radius 1 is 1.33 bits per heavy atom. The maximum Gasteiger partial charge on any atom is 0.128 e. The number of hydrogen-bond donors (Lipinski definition) is 0. The molecule has 0 radical (unpaired) electrons. The predicted octanol–water partition coefficient (Wildman–Crippen LogP) is 3.56. The van der Waals surface area contributed by atoms with E-state index in [9.17, 15) is 0 Å². The molecule has 1 aromatic heterocycles. The summed E-state index contributed by atoms with van der Waals surface area (Å²) in [4.78, 5) is 7.04. The molecule has 0 spiro atoms. The van der Waals surface area contributed by atoms with E-state index < -0.39 is 0 Å². The zero-order valence-electron chi connectivity index (χ0n) is 11.9. The third-order valence-corrected chi connectivity index (χ3v) is 3.87. The first kappa shape index (κ1) is 13.3. The van der Waals surface area contributed by atoms with E-state index in [0.29, 0.717) is 12.1 Å². The summed E-state index contributed by atoms with van der Waals surface area (Å²) in [5.74, 6) is 1.10. The van der Waals surface area contributed by atoms with Crippen LogP contribution in [-0.4, -0.2) is 23.7 Å². The van der Waals surface area contributed by atoms with Gasteiger partial charge in [0, 0.05) is 24.9 Å². The van der Waals surface area contributed by atoms with Crippen LogP contribution in [-0.2, 0) is 4.74 Å². The molecule has 0 amide bonds. The van der Waals surface area contributed by atoms with E-state index in [2.05, 4.69) is 42.8 Å². The smallest absolute Gasteiger partial charge is 0.128 e. The van der Waals surface area contributed by atoms with Crippen molar-refractivity contribution in [3.05, 3.63) is 23.9 Å². The second-order valence-electron chi connectivity index (χ2n) is 5.23. The van der Waals surface area contributed by atoms with Crippen molar-refractivity contribution in [2.24, 2.45) is 0 Å². The Morgan fingerprint density at radius 3 is 2.50 bits per heavy atom. The van der Waals surface area contributed by atoms with Crippen LogP contribution in [0, 0.1) is 0 Å². The quantitative estimate of drug-likeness (QED) is 0.814. The molecule has 1 aromatic rings. The molecule has 0 N–H and O–H groups in total. The maximum atomic E-state index is 5.58. The number of rotatable bonds is 4. The predicted molar refractivity (Wildman–Crippen MR) is 74.9 cm³/mol. The lowest BCUT2D eigenvalue weighted by atomic mass is 10.2. The van der Waals surface area contributed by atoms with Gasteiger partial charge in [-0.3, -0.25) is 0 Å². The molecule has 0 bridgehead atoms. The van der Waals surface area contributed by atoms with Crippen LogP contribution in [0.1, 0.15) is 52.2 Å². The summed E-state index contributed by atoms with van der Waals surface area (Å²) in [5, 5.41) is 0. The second kappa shape index (κ2) is 5.70. The summed E-state index contributed by atoms with van der Waals surface area (Å²) < 4.78 is 5.58. The monoisotopic (exact) mass is 248 g/mol. The van der Waals surface area contributed by atoms with Gasteiger partial charge in [-0.05, 0) is 52.2 Å². The third-order valence-electron chi connectivity index (χ3n) is 3.87. The Bertz CT molecular complexity index is 367. The highest BCUT2D eigenvalue weighted by Gasteiger charge is 2.28. The van der Waals surface area contributed by atoms with Gasteiger partial charge in [0.15, 0.2) is 0 Å². The highest BCUT2D eigenvalue weighted by atomic mass is 16.5. The van der Waals surface area contributed by atoms with Gasteiger partial charge in [-0.2, -0.15) is 0 Å². The molecular weight excluding hydrogens is 224 g/mol. The van der Waals surface area contributed by atoms with Gasteiger partial charge in [0.05, 0.1) is 6.10 Å². The third kappa shape index (κ3) is 2.66. The van der Waals surface area contributed by atoms with Crippen molar-refractivity contribution in [3.8, 4) is 0 Å². The number of hydrogen-bond acceptors (Lipinski definition) is 3. The highest BCUT2D eigenvalue weighted by Crippen LogP contribution is 2.29. The Labute approximate surface area is 110 Å². The number of ether oxygens (including phenoxy) is 1. The molecule has 100 valence electrons. The van der Waals surface area contributed by atoms with Crippen LogP contribution in [0.3, 0.4) is 0 Å². The molecular formula is C15H24N2O. The Morgan fingerprint density at radius 2 is 2.00 bits per heavy atom. The van der Waals surface area contributed by atoms with Gasteiger partial charge in [-0.25, -0.2) is 4.98 Å². The zero-order valence-corrected chi connectivity index (χ0v) is 11.9. The fourth-order valence-electron chi connectivity index (χ4n) is 2.78. The molecule has 3 nitrogen and oxygen atoms in total. The van der Waals surface area contributed by atoms with Crippen LogP contribution in [0.4, 0.5) is 5.82 Å². The molecule has 2 heterocycles. The van der Waals surface area contributed by atoms with E-state index in [1.54, 1.807) is 0 Å². The molecule has 2 rings (SSSR count). The maximum absolute atomic E-state index is 5.58. The van der Waals surface area contributed by atoms with Gasteiger partial charge in [-0.1, -0.05) is 6.07 Å². The van der Waals surface area contributed by atoms with E-state index in [-0.39, 0.29) is 6.10 Å². The number of aromatic nitrogens is 1. The first-order chi connectivity index (χ1) is 8.63. The van der Waals surface area contributed by atoms with Gasteiger partial charge in [0.1, 0.15) is 5.82 Å². The average Bonchev–Trinajstić information content (AvgIpc) is 2.70. The lowest BCUT2D eigenvalue weighted by Gasteiger charge is -2.27. The van der Waals surface area contributed by atoms with Gasteiger partial charge in [0.25, 0.3) is 0 Å². The second-order valence-corrected chi connectivity index (χ2v) is 5.23. The van der Waals surface area contributed by atoms with E-state index in [1.165, 1.54) is 12.8 Å². The van der Waals surface area contributed by atoms with Crippen molar-refractivity contribution >= 4 is 5.82 Å². The molecule has 1 aliphatic heterocycles. The Hall–Kier alpha value is -1.09. The zero-order chi connectivity index (χ0) is 13.1. The van der Waals surface area contributed by atoms with Gasteiger partial charge >= 0.3 is 0 Å². The van der Waals surface area contributed by atoms with E-state index in [4.69, 9.17) is 4.74 Å². The lowest BCUT2D eigenvalue weighted by Crippen LogP contribution is -2.33. The fourth-order valence-corrected chi connectivity index (χ4v) is 2.78. The van der Waals surface area contributed by atoms with Crippen molar-refractivity contribution in [3.63, 3.8) is 0 Å². The standard InChI is InChI=1S/C15H24N2O/c1-5-18-13(4)14-8-9-15(16-10-14)17-11(2)6-7-12(17)3/h8-13H,5-7H2,1-4H3/t11-,12-,13?/m0/s1. The molecule has 0 aromatic carbocycles. The van der Waals surface area contributed by atoms with Crippen LogP contribution in [0.2, 0.25) is 0 Å². The normalized spacial score (nSPS) is 25.4. The topological polar surface area (TPSA) is 25.4 Å². The van der Waals surface area contributed by atoms with Crippen LogP contribution in [0.5, 0.6) is 0 Å². The van der Waals surface area contributed by atoms with E-state index in [1.807, 2.05) is 13.1 Å². The van der Waals surface area contributed by atoms with Crippen LogP contribution in [0.15, 0.2) is 18.3 Å². The van der Waals surface area contributed by atoms with Crippen molar-refractivity contribution in [1.29, 1.82) is 0 Å². The summed E-state index contributed by atoms with van der Waals surface area (Å²) in [6, 6.07) is 5.47. The van der Waals surface area contributed by atoms with Gasteiger partial charge in [0.2, 0.25) is 0 Å². The highest BCUT2D eigenvalue weighted by molar-refractivity contribution is 5.43. The molecule has 1 saturated heterocycles. The van der Waals surface area contributed by atoms with E-state index in [0.717, 1.165) is 18.0 Å². The molecule has 18 heavy (non-hydrogen) atoms. The summed E-state index contributed by atoms with van der Waals surface area (Å²) in [7, 11) is 0. The molecule has 1 fully saturated rings. The summed E-state index contributed by atoms with van der Waals surface area (Å²) >= 11 is 0. The SMILES string of the molecule is CCOC(C)c1ccc(N2[C@@H](C)CC[C@@H]2C)nc1. The summed E-state index contributed by atoms with van der Waals surface area (Å²) in [6.07, 6.45) is 4.61. The largest absolute Gasteiger partial charge is 0.374 e. The Balaban J connectivity index is 2.12. The van der Waals surface area contributed by atoms with Gasteiger partial charge < -0.3 is 9.64 Å². The van der Waals surface area contributed by atoms with Crippen molar-refractivity contribution in [1.82, 2.24) is 4.98 Å². The van der Waals surface area contributed by atoms with Crippen molar-refractivity contribution in [2.45, 2.75) is 58.7 Å². The van der Waals surface area contributed by atoms with Crippen LogP contribution in [0.25, 0.3) is 0 Å². The van der Waals surface area contributed by atoms with Crippen molar-refractivity contribution in [2.75, 3.05) is 11.5 Å². The summed E-state index contributed by atoms with van der Waals surface area (Å²) in [6.45, 7) is 9.39. The Kier molecular flexibility index (Phi) is 4.23.